The largest absolute Gasteiger partial charge is 0.392 e. The Bertz CT molecular complexity index is 283. The van der Waals surface area contributed by atoms with Crippen LogP contribution in [0.25, 0.3) is 0 Å². The molecule has 0 saturated carbocycles. The van der Waals surface area contributed by atoms with Crippen molar-refractivity contribution >= 4 is 0 Å². The molecule has 0 amide bonds. The number of hydrogen-bond donors (Lipinski definition) is 1. The molecule has 3 nitrogen and oxygen atoms in total. The molecule has 0 spiro atoms. The van der Waals surface area contributed by atoms with Crippen LogP contribution in [-0.4, -0.2) is 29.4 Å². The predicted molar refractivity (Wildman–Crippen MR) is 57.5 cm³/mol. The standard InChI is InChI=1S/C12H17NO2/c14-12(11-2-1-7-15-9-11)8-10-3-5-13-6-4-10/h3-6,11-12,14H,1-2,7-9H2. The van der Waals surface area contributed by atoms with E-state index in [0.29, 0.717) is 18.9 Å². The summed E-state index contributed by atoms with van der Waals surface area (Å²) in [5, 5.41) is 10.0. The predicted octanol–water partition coefficient (Wildman–Crippen LogP) is 1.41. The van der Waals surface area contributed by atoms with Crippen molar-refractivity contribution in [1.29, 1.82) is 0 Å². The molecule has 1 fully saturated rings. The van der Waals surface area contributed by atoms with Gasteiger partial charge >= 0.3 is 0 Å². The molecule has 0 aliphatic carbocycles. The van der Waals surface area contributed by atoms with E-state index in [1.807, 2.05) is 12.1 Å². The molecule has 0 radical (unpaired) electrons. The molecule has 1 aliphatic heterocycles. The Balaban J connectivity index is 1.88. The van der Waals surface area contributed by atoms with Crippen molar-refractivity contribution in [2.24, 2.45) is 5.92 Å². The molecular formula is C12H17NO2. The topological polar surface area (TPSA) is 42.4 Å². The normalized spacial score (nSPS) is 23.7. The van der Waals surface area contributed by atoms with Gasteiger partial charge in [-0.15, -0.1) is 0 Å². The lowest BCUT2D eigenvalue weighted by atomic mass is 9.92. The van der Waals surface area contributed by atoms with Crippen LogP contribution in [0.15, 0.2) is 24.5 Å². The Morgan fingerprint density at radius 3 is 2.93 bits per heavy atom. The van der Waals surface area contributed by atoms with E-state index in [4.69, 9.17) is 4.74 Å². The first-order valence-corrected chi connectivity index (χ1v) is 5.51. The third-order valence-electron chi connectivity index (χ3n) is 2.93. The van der Waals surface area contributed by atoms with Crippen LogP contribution in [0.4, 0.5) is 0 Å². The van der Waals surface area contributed by atoms with Crippen LogP contribution >= 0.6 is 0 Å². The summed E-state index contributed by atoms with van der Waals surface area (Å²) < 4.78 is 5.37. The second-order valence-electron chi connectivity index (χ2n) is 4.10. The van der Waals surface area contributed by atoms with Gasteiger partial charge in [0, 0.05) is 24.9 Å². The SMILES string of the molecule is OC(Cc1ccncc1)C1CCCOC1. The number of rotatable bonds is 3. The molecule has 2 heterocycles. The van der Waals surface area contributed by atoms with Crippen LogP contribution in [0.1, 0.15) is 18.4 Å². The number of pyridine rings is 1. The maximum atomic E-state index is 10.0. The molecule has 3 heteroatoms. The Morgan fingerprint density at radius 1 is 1.47 bits per heavy atom. The molecule has 0 bridgehead atoms. The number of aromatic nitrogens is 1. The van der Waals surface area contributed by atoms with Crippen LogP contribution in [0, 0.1) is 5.92 Å². The van der Waals surface area contributed by atoms with Crippen molar-refractivity contribution in [2.75, 3.05) is 13.2 Å². The molecule has 2 rings (SSSR count). The average Bonchev–Trinajstić information content (AvgIpc) is 2.31. The van der Waals surface area contributed by atoms with E-state index in [1.165, 1.54) is 0 Å². The minimum absolute atomic E-state index is 0.285. The van der Waals surface area contributed by atoms with Crippen molar-refractivity contribution in [2.45, 2.75) is 25.4 Å². The average molecular weight is 207 g/mol. The molecule has 82 valence electrons. The summed E-state index contributed by atoms with van der Waals surface area (Å²) in [5.74, 6) is 0.298. The second-order valence-corrected chi connectivity index (χ2v) is 4.10. The lowest BCUT2D eigenvalue weighted by molar-refractivity contribution is -0.00847. The van der Waals surface area contributed by atoms with Gasteiger partial charge in [0.1, 0.15) is 0 Å². The van der Waals surface area contributed by atoms with Crippen LogP contribution in [0.3, 0.4) is 0 Å². The molecule has 15 heavy (non-hydrogen) atoms. The van der Waals surface area contributed by atoms with Gasteiger partial charge in [-0.3, -0.25) is 4.98 Å². The highest BCUT2D eigenvalue weighted by Gasteiger charge is 2.22. The van der Waals surface area contributed by atoms with E-state index in [0.717, 1.165) is 25.0 Å². The Kier molecular flexibility index (Phi) is 3.69. The van der Waals surface area contributed by atoms with Crippen molar-refractivity contribution < 1.29 is 9.84 Å². The van der Waals surface area contributed by atoms with E-state index >= 15 is 0 Å². The van der Waals surface area contributed by atoms with Gasteiger partial charge in [-0.05, 0) is 37.0 Å². The zero-order valence-corrected chi connectivity index (χ0v) is 8.80. The molecule has 2 atom stereocenters. The summed E-state index contributed by atoms with van der Waals surface area (Å²) >= 11 is 0. The van der Waals surface area contributed by atoms with Gasteiger partial charge in [-0.25, -0.2) is 0 Å². The number of hydrogen-bond acceptors (Lipinski definition) is 3. The van der Waals surface area contributed by atoms with Crippen LogP contribution in [0.5, 0.6) is 0 Å². The maximum Gasteiger partial charge on any atom is 0.0630 e. The minimum Gasteiger partial charge on any atom is -0.392 e. The first-order chi connectivity index (χ1) is 7.36. The van der Waals surface area contributed by atoms with E-state index in [2.05, 4.69) is 4.98 Å². The molecule has 1 aromatic rings. The zero-order chi connectivity index (χ0) is 10.5. The lowest BCUT2D eigenvalue weighted by Gasteiger charge is -2.26. The Hall–Kier alpha value is -0.930. The highest BCUT2D eigenvalue weighted by atomic mass is 16.5. The van der Waals surface area contributed by atoms with E-state index in [1.54, 1.807) is 12.4 Å². The highest BCUT2D eigenvalue weighted by Crippen LogP contribution is 2.19. The number of aliphatic hydroxyl groups excluding tert-OH is 1. The zero-order valence-electron chi connectivity index (χ0n) is 8.80. The first kappa shape index (κ1) is 10.6. The molecule has 1 N–H and O–H groups in total. The Morgan fingerprint density at radius 2 is 2.27 bits per heavy atom. The third-order valence-corrected chi connectivity index (χ3v) is 2.93. The van der Waals surface area contributed by atoms with Gasteiger partial charge in [-0.2, -0.15) is 0 Å². The van der Waals surface area contributed by atoms with Crippen molar-refractivity contribution in [3.05, 3.63) is 30.1 Å². The van der Waals surface area contributed by atoms with Gasteiger partial charge in [-0.1, -0.05) is 0 Å². The smallest absolute Gasteiger partial charge is 0.0630 e. The lowest BCUT2D eigenvalue weighted by Crippen LogP contribution is -2.30. The molecule has 1 aliphatic rings. The molecule has 2 unspecified atom stereocenters. The quantitative estimate of drug-likeness (QED) is 0.815. The van der Waals surface area contributed by atoms with Gasteiger partial charge in [0.2, 0.25) is 0 Å². The summed E-state index contributed by atoms with van der Waals surface area (Å²) in [6.45, 7) is 1.55. The summed E-state index contributed by atoms with van der Waals surface area (Å²) in [4.78, 5) is 3.96. The van der Waals surface area contributed by atoms with E-state index in [9.17, 15) is 5.11 Å². The molecule has 0 aromatic carbocycles. The summed E-state index contributed by atoms with van der Waals surface area (Å²) in [6.07, 6.45) is 6.09. The fourth-order valence-electron chi connectivity index (χ4n) is 2.00. The number of aliphatic hydroxyl groups is 1. The summed E-state index contributed by atoms with van der Waals surface area (Å²) in [6, 6.07) is 3.90. The van der Waals surface area contributed by atoms with Gasteiger partial charge in [0.25, 0.3) is 0 Å². The van der Waals surface area contributed by atoms with Gasteiger partial charge < -0.3 is 9.84 Å². The summed E-state index contributed by atoms with van der Waals surface area (Å²) in [7, 11) is 0. The number of ether oxygens (including phenoxy) is 1. The van der Waals surface area contributed by atoms with E-state index < -0.39 is 0 Å². The van der Waals surface area contributed by atoms with E-state index in [-0.39, 0.29) is 6.10 Å². The monoisotopic (exact) mass is 207 g/mol. The first-order valence-electron chi connectivity index (χ1n) is 5.51. The summed E-state index contributed by atoms with van der Waals surface area (Å²) in [5.41, 5.74) is 1.14. The van der Waals surface area contributed by atoms with Crippen LogP contribution in [0.2, 0.25) is 0 Å². The van der Waals surface area contributed by atoms with Crippen LogP contribution in [-0.2, 0) is 11.2 Å². The van der Waals surface area contributed by atoms with Crippen molar-refractivity contribution in [1.82, 2.24) is 4.98 Å². The minimum atomic E-state index is -0.285. The molecule has 1 saturated heterocycles. The van der Waals surface area contributed by atoms with Crippen molar-refractivity contribution in [3.8, 4) is 0 Å². The maximum absolute atomic E-state index is 10.0. The van der Waals surface area contributed by atoms with Gasteiger partial charge in [0.05, 0.1) is 12.7 Å². The Labute approximate surface area is 90.1 Å². The number of nitrogens with zero attached hydrogens (tertiary/aromatic N) is 1. The molecule has 1 aromatic heterocycles. The highest BCUT2D eigenvalue weighted by molar-refractivity contribution is 5.11. The van der Waals surface area contributed by atoms with Gasteiger partial charge in [0.15, 0.2) is 0 Å². The fraction of sp³-hybridized carbons (Fsp3) is 0.583. The fourth-order valence-corrected chi connectivity index (χ4v) is 2.00. The second kappa shape index (κ2) is 5.24. The molecular weight excluding hydrogens is 190 g/mol. The third kappa shape index (κ3) is 3.01. The van der Waals surface area contributed by atoms with Crippen LogP contribution < -0.4 is 0 Å². The van der Waals surface area contributed by atoms with Crippen molar-refractivity contribution in [3.63, 3.8) is 0 Å².